The number of fused-ring (bicyclic) bond motifs is 1. The molecule has 1 atom stereocenters. The molecule has 0 spiro atoms. The van der Waals surface area contributed by atoms with Crippen LogP contribution >= 0.6 is 0 Å². The van der Waals surface area contributed by atoms with Gasteiger partial charge in [-0.15, -0.1) is 0 Å². The minimum atomic E-state index is -0.940. The van der Waals surface area contributed by atoms with Crippen LogP contribution < -0.4 is 14.7 Å². The first-order valence-electron chi connectivity index (χ1n) is 5.16. The maximum atomic E-state index is 10.8. The highest BCUT2D eigenvalue weighted by Crippen LogP contribution is 2.26. The van der Waals surface area contributed by atoms with Crippen molar-refractivity contribution in [1.29, 1.82) is 0 Å². The molecule has 1 aliphatic rings. The van der Waals surface area contributed by atoms with Crippen molar-refractivity contribution in [2.75, 3.05) is 6.61 Å². The number of ether oxygens (including phenoxy) is 1. The molecule has 1 aromatic carbocycles. The van der Waals surface area contributed by atoms with E-state index < -0.39 is 19.7 Å². The molecule has 0 aromatic heterocycles. The predicted molar refractivity (Wildman–Crippen MR) is 60.2 cm³/mol. The molecule has 0 saturated heterocycles. The second-order valence-electron chi connectivity index (χ2n) is 3.63. The number of aliphatic carboxylic acids is 1. The van der Waals surface area contributed by atoms with Crippen molar-refractivity contribution in [3.8, 4) is 11.5 Å². The van der Waals surface area contributed by atoms with Crippen LogP contribution in [0.25, 0.3) is 0 Å². The van der Waals surface area contributed by atoms with Gasteiger partial charge in [0.25, 0.3) is 0 Å². The van der Waals surface area contributed by atoms with Crippen LogP contribution in [0.5, 0.6) is 11.5 Å². The summed E-state index contributed by atoms with van der Waals surface area (Å²) in [6, 6.07) is 4.39. The Labute approximate surface area is 98.5 Å². The zero-order chi connectivity index (χ0) is 12.3. The van der Waals surface area contributed by atoms with E-state index in [0.717, 1.165) is 5.56 Å². The van der Waals surface area contributed by atoms with Crippen LogP contribution in [0.3, 0.4) is 0 Å². The third-order valence-corrected chi connectivity index (χ3v) is 2.51. The highest BCUT2D eigenvalue weighted by molar-refractivity contribution is 6.17. The predicted octanol–water partition coefficient (Wildman–Crippen LogP) is -0.741. The molecule has 1 heterocycles. The Kier molecular flexibility index (Phi) is 3.50. The van der Waals surface area contributed by atoms with Gasteiger partial charge >= 0.3 is 13.7 Å². The van der Waals surface area contributed by atoms with E-state index in [0.29, 0.717) is 18.0 Å². The summed E-state index contributed by atoms with van der Waals surface area (Å²) in [5.41, 5.74) is 0.860. The fraction of sp³-hybridized carbons (Fsp3) is 0.300. The lowest BCUT2D eigenvalue weighted by Gasteiger charge is -2.10. The van der Waals surface area contributed by atoms with Crippen molar-refractivity contribution < 1.29 is 24.3 Å². The van der Waals surface area contributed by atoms with Gasteiger partial charge in [-0.3, -0.25) is 10.1 Å². The molecule has 1 unspecified atom stereocenters. The fourth-order valence-corrected chi connectivity index (χ4v) is 1.60. The molecule has 2 rings (SSSR count). The molecule has 0 bridgehead atoms. The molecule has 0 saturated carbocycles. The zero-order valence-corrected chi connectivity index (χ0v) is 9.05. The van der Waals surface area contributed by atoms with Gasteiger partial charge in [0, 0.05) is 18.2 Å². The number of hydrogen-bond donors (Lipinski definition) is 3. The van der Waals surface area contributed by atoms with Gasteiger partial charge in [0.1, 0.15) is 24.1 Å². The van der Waals surface area contributed by atoms with Crippen molar-refractivity contribution in [1.82, 2.24) is 5.32 Å². The van der Waals surface area contributed by atoms with E-state index in [9.17, 15) is 4.79 Å². The lowest BCUT2D eigenvalue weighted by Crippen LogP contribution is -2.39. The number of hydrogen-bond acceptors (Lipinski definition) is 5. The summed E-state index contributed by atoms with van der Waals surface area (Å²) in [6.45, 7) is 0.483. The standard InChI is InChI=1S/C10H12BNO5/c13-10(14)8-5-16-9-3-7(17-11-15)2-1-6(9)4-12-8/h1-3,8,11-12,15H,4-5H2,(H,13,14). The van der Waals surface area contributed by atoms with Crippen molar-refractivity contribution in [2.24, 2.45) is 0 Å². The van der Waals surface area contributed by atoms with Crippen LogP contribution in [0.4, 0.5) is 0 Å². The van der Waals surface area contributed by atoms with Crippen molar-refractivity contribution >= 4 is 13.7 Å². The second-order valence-corrected chi connectivity index (χ2v) is 3.63. The maximum Gasteiger partial charge on any atom is 0.504 e. The third kappa shape index (κ3) is 2.69. The molecule has 1 aromatic rings. The number of carboxylic acid groups (broad SMARTS) is 1. The Morgan fingerprint density at radius 1 is 1.59 bits per heavy atom. The lowest BCUT2D eigenvalue weighted by atomic mass is 10.2. The molecule has 6 nitrogen and oxygen atoms in total. The molecule has 17 heavy (non-hydrogen) atoms. The number of carboxylic acids is 1. The van der Waals surface area contributed by atoms with Crippen LogP contribution in [-0.4, -0.2) is 36.4 Å². The molecular weight excluding hydrogens is 225 g/mol. The molecule has 90 valence electrons. The summed E-state index contributed by atoms with van der Waals surface area (Å²) in [4.78, 5) is 10.8. The van der Waals surface area contributed by atoms with Crippen LogP contribution in [0, 0.1) is 0 Å². The smallest absolute Gasteiger partial charge is 0.504 e. The molecule has 0 fully saturated rings. The SMILES string of the molecule is O=C(O)C1COc2cc(OBO)ccc2CN1. The molecular formula is C10H12BNO5. The molecule has 0 radical (unpaired) electrons. The number of rotatable bonds is 3. The first-order valence-corrected chi connectivity index (χ1v) is 5.16. The van der Waals surface area contributed by atoms with Crippen LogP contribution in [0.15, 0.2) is 18.2 Å². The molecule has 7 heteroatoms. The van der Waals surface area contributed by atoms with E-state index in [1.54, 1.807) is 18.2 Å². The Bertz CT molecular complexity index is 425. The molecule has 0 amide bonds. The van der Waals surface area contributed by atoms with E-state index >= 15 is 0 Å². The fourth-order valence-electron chi connectivity index (χ4n) is 1.60. The summed E-state index contributed by atoms with van der Waals surface area (Å²) in [5.74, 6) is 0.122. The highest BCUT2D eigenvalue weighted by atomic mass is 16.5. The molecule has 0 aliphatic carbocycles. The Hall–Kier alpha value is -1.73. The van der Waals surface area contributed by atoms with Crippen molar-refractivity contribution in [3.05, 3.63) is 23.8 Å². The minimum Gasteiger partial charge on any atom is -0.539 e. The Balaban J connectivity index is 2.16. The highest BCUT2D eigenvalue weighted by Gasteiger charge is 2.22. The van der Waals surface area contributed by atoms with Gasteiger partial charge in [-0.25, -0.2) is 0 Å². The van der Waals surface area contributed by atoms with Gasteiger partial charge in [0.05, 0.1) is 0 Å². The van der Waals surface area contributed by atoms with Gasteiger partial charge < -0.3 is 19.5 Å². The van der Waals surface area contributed by atoms with Gasteiger partial charge in [-0.2, -0.15) is 0 Å². The first-order chi connectivity index (χ1) is 8.20. The third-order valence-electron chi connectivity index (χ3n) is 2.51. The van der Waals surface area contributed by atoms with Gasteiger partial charge in [-0.05, 0) is 6.07 Å². The Morgan fingerprint density at radius 3 is 3.12 bits per heavy atom. The van der Waals surface area contributed by atoms with E-state index in [-0.39, 0.29) is 6.61 Å². The number of carbonyl (C=O) groups is 1. The summed E-state index contributed by atoms with van der Waals surface area (Å²) in [6.07, 6.45) is 0. The minimum absolute atomic E-state index is 0.0604. The quantitative estimate of drug-likeness (QED) is 0.600. The number of nitrogens with one attached hydrogen (secondary N) is 1. The lowest BCUT2D eigenvalue weighted by molar-refractivity contribution is -0.140. The van der Waals surface area contributed by atoms with E-state index in [4.69, 9.17) is 19.5 Å². The largest absolute Gasteiger partial charge is 0.539 e. The van der Waals surface area contributed by atoms with Gasteiger partial charge in [0.15, 0.2) is 0 Å². The van der Waals surface area contributed by atoms with Crippen molar-refractivity contribution in [2.45, 2.75) is 12.6 Å². The van der Waals surface area contributed by atoms with Crippen molar-refractivity contribution in [3.63, 3.8) is 0 Å². The van der Waals surface area contributed by atoms with E-state index in [1.165, 1.54) is 0 Å². The Morgan fingerprint density at radius 2 is 2.41 bits per heavy atom. The average Bonchev–Trinajstić information content (AvgIpc) is 2.51. The van der Waals surface area contributed by atoms with E-state index in [1.807, 2.05) is 0 Å². The molecule has 1 aliphatic heterocycles. The van der Waals surface area contributed by atoms with Gasteiger partial charge in [0.2, 0.25) is 0 Å². The maximum absolute atomic E-state index is 10.8. The topological polar surface area (TPSA) is 88.0 Å². The summed E-state index contributed by atoms with van der Waals surface area (Å²) >= 11 is 0. The summed E-state index contributed by atoms with van der Waals surface area (Å²) in [5, 5.41) is 20.4. The summed E-state index contributed by atoms with van der Waals surface area (Å²) < 4.78 is 10.3. The van der Waals surface area contributed by atoms with Crippen LogP contribution in [0.2, 0.25) is 0 Å². The first kappa shape index (κ1) is 11.8. The van der Waals surface area contributed by atoms with Gasteiger partial charge in [-0.1, -0.05) is 6.07 Å². The average molecular weight is 237 g/mol. The number of benzene rings is 1. The van der Waals surface area contributed by atoms with Crippen LogP contribution in [-0.2, 0) is 11.3 Å². The van der Waals surface area contributed by atoms with Crippen LogP contribution in [0.1, 0.15) is 5.56 Å². The molecule has 3 N–H and O–H groups in total. The normalized spacial score (nSPS) is 18.5. The summed E-state index contributed by atoms with van der Waals surface area (Å²) in [7, 11) is -0.408. The van der Waals surface area contributed by atoms with E-state index in [2.05, 4.69) is 5.32 Å². The zero-order valence-electron chi connectivity index (χ0n) is 9.05. The monoisotopic (exact) mass is 237 g/mol. The second kappa shape index (κ2) is 5.07.